The SMILES string of the molecule is CCOC(=O)[C@](NC(=O)c1ccco1)(Nc1ccccc1)C(F)(F)F. The number of ether oxygens (including phenoxy) is 1. The van der Waals surface area contributed by atoms with Crippen LogP contribution in [0.1, 0.15) is 17.5 Å². The first kappa shape index (κ1) is 18.4. The lowest BCUT2D eigenvalue weighted by Gasteiger charge is -2.35. The Morgan fingerprint density at radius 3 is 2.32 bits per heavy atom. The van der Waals surface area contributed by atoms with Crippen molar-refractivity contribution >= 4 is 17.6 Å². The minimum atomic E-state index is -5.20. The second-order valence-electron chi connectivity index (χ2n) is 4.89. The Bertz CT molecular complexity index is 717. The summed E-state index contributed by atoms with van der Waals surface area (Å²) < 4.78 is 50.8. The number of anilines is 1. The average Bonchev–Trinajstić information content (AvgIpc) is 3.09. The Hall–Kier alpha value is -2.97. The van der Waals surface area contributed by atoms with Crippen LogP contribution in [-0.2, 0) is 9.53 Å². The van der Waals surface area contributed by atoms with Crippen LogP contribution in [0.25, 0.3) is 0 Å². The van der Waals surface area contributed by atoms with Crippen LogP contribution in [0.3, 0.4) is 0 Å². The lowest BCUT2D eigenvalue weighted by molar-refractivity contribution is -0.204. The molecule has 25 heavy (non-hydrogen) atoms. The van der Waals surface area contributed by atoms with Crippen molar-refractivity contribution in [2.24, 2.45) is 0 Å². The number of furan rings is 1. The molecule has 2 N–H and O–H groups in total. The Kier molecular flexibility index (Phi) is 5.35. The number of hydrogen-bond acceptors (Lipinski definition) is 5. The van der Waals surface area contributed by atoms with E-state index in [0.717, 1.165) is 6.26 Å². The number of esters is 1. The van der Waals surface area contributed by atoms with Crippen LogP contribution in [0.2, 0.25) is 0 Å². The molecule has 9 heteroatoms. The smallest absolute Gasteiger partial charge is 0.441 e. The van der Waals surface area contributed by atoms with E-state index in [0.29, 0.717) is 0 Å². The van der Waals surface area contributed by atoms with E-state index in [1.165, 1.54) is 43.3 Å². The van der Waals surface area contributed by atoms with E-state index in [-0.39, 0.29) is 18.1 Å². The minimum Gasteiger partial charge on any atom is -0.463 e. The number of nitrogens with one attached hydrogen (secondary N) is 2. The van der Waals surface area contributed by atoms with Gasteiger partial charge in [-0.3, -0.25) is 4.79 Å². The zero-order valence-electron chi connectivity index (χ0n) is 13.1. The Balaban J connectivity index is 2.46. The van der Waals surface area contributed by atoms with Crippen molar-refractivity contribution in [2.75, 3.05) is 11.9 Å². The van der Waals surface area contributed by atoms with E-state index < -0.39 is 23.7 Å². The quantitative estimate of drug-likeness (QED) is 0.614. The second kappa shape index (κ2) is 7.29. The molecule has 0 aliphatic carbocycles. The van der Waals surface area contributed by atoms with E-state index in [4.69, 9.17) is 4.42 Å². The maximum absolute atomic E-state index is 13.8. The molecule has 0 saturated heterocycles. The largest absolute Gasteiger partial charge is 0.463 e. The highest BCUT2D eigenvalue weighted by molar-refractivity contribution is 5.97. The topological polar surface area (TPSA) is 80.6 Å². The summed E-state index contributed by atoms with van der Waals surface area (Å²) >= 11 is 0. The van der Waals surface area contributed by atoms with Gasteiger partial charge in [-0.1, -0.05) is 18.2 Å². The Labute approximate surface area is 141 Å². The fraction of sp³-hybridized carbons (Fsp3) is 0.250. The van der Waals surface area contributed by atoms with Gasteiger partial charge in [-0.25, -0.2) is 4.79 Å². The van der Waals surface area contributed by atoms with E-state index in [1.807, 2.05) is 5.32 Å². The summed E-state index contributed by atoms with van der Waals surface area (Å²) in [5.74, 6) is -3.29. The van der Waals surface area contributed by atoms with Crippen LogP contribution in [-0.4, -0.2) is 30.3 Å². The summed E-state index contributed by atoms with van der Waals surface area (Å²) in [7, 11) is 0. The normalized spacial score (nSPS) is 13.6. The summed E-state index contributed by atoms with van der Waals surface area (Å²) in [6, 6.07) is 9.68. The average molecular weight is 356 g/mol. The van der Waals surface area contributed by atoms with E-state index in [1.54, 1.807) is 11.4 Å². The monoisotopic (exact) mass is 356 g/mol. The molecule has 1 aromatic heterocycles. The maximum atomic E-state index is 13.8. The summed E-state index contributed by atoms with van der Waals surface area (Å²) in [6.07, 6.45) is -4.07. The molecule has 0 aliphatic heterocycles. The van der Waals surface area contributed by atoms with Crippen LogP contribution >= 0.6 is 0 Å². The number of rotatable bonds is 6. The first-order chi connectivity index (χ1) is 11.8. The van der Waals surface area contributed by atoms with Gasteiger partial charge in [0.05, 0.1) is 12.9 Å². The number of benzene rings is 1. The molecule has 0 unspecified atom stereocenters. The van der Waals surface area contributed by atoms with Gasteiger partial charge in [0.2, 0.25) is 0 Å². The predicted octanol–water partition coefficient (Wildman–Crippen LogP) is 2.94. The molecule has 0 radical (unpaired) electrons. The fourth-order valence-corrected chi connectivity index (χ4v) is 2.01. The summed E-state index contributed by atoms with van der Waals surface area (Å²) in [4.78, 5) is 24.3. The Morgan fingerprint density at radius 1 is 1.12 bits per heavy atom. The third kappa shape index (κ3) is 3.93. The number of carbonyl (C=O) groups is 2. The highest BCUT2D eigenvalue weighted by atomic mass is 19.4. The molecule has 0 aliphatic rings. The number of carbonyl (C=O) groups excluding carboxylic acids is 2. The van der Waals surface area contributed by atoms with Crippen molar-refractivity contribution in [2.45, 2.75) is 18.8 Å². The Morgan fingerprint density at radius 2 is 1.80 bits per heavy atom. The number of alkyl halides is 3. The lowest BCUT2D eigenvalue weighted by Crippen LogP contribution is -2.69. The molecular weight excluding hydrogens is 341 g/mol. The van der Waals surface area contributed by atoms with Gasteiger partial charge in [-0.05, 0) is 31.2 Å². The number of para-hydroxylation sites is 1. The zero-order valence-corrected chi connectivity index (χ0v) is 13.1. The first-order valence-electron chi connectivity index (χ1n) is 7.23. The molecule has 0 bridgehead atoms. The van der Waals surface area contributed by atoms with Crippen LogP contribution in [0.5, 0.6) is 0 Å². The van der Waals surface area contributed by atoms with Crippen molar-refractivity contribution in [3.63, 3.8) is 0 Å². The molecular formula is C16H15F3N2O4. The van der Waals surface area contributed by atoms with E-state index >= 15 is 0 Å². The van der Waals surface area contributed by atoms with Crippen LogP contribution < -0.4 is 10.6 Å². The highest BCUT2D eigenvalue weighted by Gasteiger charge is 2.63. The van der Waals surface area contributed by atoms with Crippen molar-refractivity contribution in [1.29, 1.82) is 0 Å². The maximum Gasteiger partial charge on any atom is 0.441 e. The first-order valence-corrected chi connectivity index (χ1v) is 7.23. The van der Waals surface area contributed by atoms with E-state index in [9.17, 15) is 22.8 Å². The molecule has 0 spiro atoms. The van der Waals surface area contributed by atoms with Crippen molar-refractivity contribution in [1.82, 2.24) is 5.32 Å². The standard InChI is InChI=1S/C16H15F3N2O4/c1-2-24-14(23)15(16(17,18)19,20-11-7-4-3-5-8-11)21-13(22)12-9-6-10-25-12/h3-10,20H,2H2,1H3,(H,21,22)/t15-/m1/s1. The molecule has 6 nitrogen and oxygen atoms in total. The highest BCUT2D eigenvalue weighted by Crippen LogP contribution is 2.33. The van der Waals surface area contributed by atoms with Crippen molar-refractivity contribution in [3.05, 3.63) is 54.5 Å². The third-order valence-corrected chi connectivity index (χ3v) is 3.16. The fourth-order valence-electron chi connectivity index (χ4n) is 2.01. The molecule has 0 fully saturated rings. The summed E-state index contributed by atoms with van der Waals surface area (Å²) in [6.45, 7) is 1.06. The van der Waals surface area contributed by atoms with Gasteiger partial charge in [0.15, 0.2) is 5.76 Å². The van der Waals surface area contributed by atoms with Gasteiger partial charge in [0.1, 0.15) is 0 Å². The molecule has 1 amide bonds. The summed E-state index contributed by atoms with van der Waals surface area (Å²) in [5, 5.41) is 3.70. The van der Waals surface area contributed by atoms with Crippen molar-refractivity contribution in [3.8, 4) is 0 Å². The molecule has 1 heterocycles. The molecule has 2 rings (SSSR count). The van der Waals surface area contributed by atoms with Gasteiger partial charge in [0, 0.05) is 5.69 Å². The van der Waals surface area contributed by atoms with Crippen LogP contribution in [0, 0.1) is 0 Å². The van der Waals surface area contributed by atoms with Gasteiger partial charge in [0.25, 0.3) is 5.91 Å². The second-order valence-corrected chi connectivity index (χ2v) is 4.89. The number of halogens is 3. The van der Waals surface area contributed by atoms with Gasteiger partial charge < -0.3 is 19.8 Å². The lowest BCUT2D eigenvalue weighted by atomic mass is 10.1. The molecule has 2 aromatic rings. The predicted molar refractivity (Wildman–Crippen MR) is 81.7 cm³/mol. The molecule has 1 aromatic carbocycles. The minimum absolute atomic E-state index is 0.0346. The van der Waals surface area contributed by atoms with Crippen LogP contribution in [0.4, 0.5) is 18.9 Å². The van der Waals surface area contributed by atoms with Gasteiger partial charge in [-0.15, -0.1) is 0 Å². The van der Waals surface area contributed by atoms with Gasteiger partial charge in [-0.2, -0.15) is 13.2 Å². The summed E-state index contributed by atoms with van der Waals surface area (Å²) in [5.41, 5.74) is -3.51. The molecule has 134 valence electrons. The van der Waals surface area contributed by atoms with E-state index in [2.05, 4.69) is 4.74 Å². The third-order valence-electron chi connectivity index (χ3n) is 3.16. The zero-order chi connectivity index (χ0) is 18.5. The van der Waals surface area contributed by atoms with Gasteiger partial charge >= 0.3 is 17.8 Å². The molecule has 0 saturated carbocycles. The molecule has 1 atom stereocenters. The number of hydrogen-bond donors (Lipinski definition) is 2. The van der Waals surface area contributed by atoms with Crippen LogP contribution in [0.15, 0.2) is 53.1 Å². The number of amides is 1. The van der Waals surface area contributed by atoms with Crippen molar-refractivity contribution < 1.29 is 31.9 Å².